The highest BCUT2D eigenvalue weighted by Gasteiger charge is 2.53. The van der Waals surface area contributed by atoms with Gasteiger partial charge in [0.2, 0.25) is 0 Å². The molecule has 15 rings (SSSR count). The second-order valence-electron chi connectivity index (χ2n) is 18.6. The zero-order valence-corrected chi connectivity index (χ0v) is 37.4. The Morgan fingerprint density at radius 3 is 1.36 bits per heavy atom. The maximum Gasteiger partial charge on any atom is 0.132 e. The van der Waals surface area contributed by atoms with Crippen molar-refractivity contribution in [3.05, 3.63) is 293 Å². The van der Waals surface area contributed by atoms with E-state index in [1.165, 1.54) is 55.3 Å². The molecule has 0 fully saturated rings. The summed E-state index contributed by atoms with van der Waals surface area (Å²) < 4.78 is 13.4. The summed E-state index contributed by atoms with van der Waals surface area (Å²) in [5.74, 6) is 3.55. The van der Waals surface area contributed by atoms with Crippen LogP contribution in [0.15, 0.2) is 249 Å². The van der Waals surface area contributed by atoms with Crippen LogP contribution in [0.5, 0.6) is 23.0 Å². The van der Waals surface area contributed by atoms with E-state index in [0.717, 1.165) is 73.4 Å². The summed E-state index contributed by atoms with van der Waals surface area (Å²) in [7, 11) is 0. The number of hydrogen-bond donors (Lipinski definition) is 0. The van der Waals surface area contributed by atoms with E-state index in [1.807, 2.05) is 0 Å². The van der Waals surface area contributed by atoms with Gasteiger partial charge in [-0.1, -0.05) is 188 Å². The molecule has 2 aliphatic heterocycles. The van der Waals surface area contributed by atoms with Crippen molar-refractivity contribution in [1.82, 2.24) is 0 Å². The van der Waals surface area contributed by atoms with Crippen LogP contribution in [0.3, 0.4) is 0 Å². The summed E-state index contributed by atoms with van der Waals surface area (Å²) in [6.45, 7) is 0. The van der Waals surface area contributed by atoms with Gasteiger partial charge in [0.1, 0.15) is 23.0 Å². The Morgan fingerprint density at radius 1 is 0.275 bits per heavy atom. The topological polar surface area (TPSA) is 21.7 Å². The lowest BCUT2D eigenvalue weighted by Crippen LogP contribution is -2.32. The van der Waals surface area contributed by atoms with Gasteiger partial charge in [0, 0.05) is 39.1 Å². The van der Waals surface area contributed by atoms with Gasteiger partial charge >= 0.3 is 0 Å². The molecule has 0 amide bonds. The Hall–Kier alpha value is -8.92. The van der Waals surface area contributed by atoms with Crippen LogP contribution in [0.25, 0.3) is 44.2 Å². The predicted octanol–water partition coefficient (Wildman–Crippen LogP) is 16.9. The van der Waals surface area contributed by atoms with E-state index < -0.39 is 10.8 Å². The number of ether oxygens (including phenoxy) is 2. The van der Waals surface area contributed by atoms with E-state index in [9.17, 15) is 0 Å². The molecule has 11 aromatic carbocycles. The first kappa shape index (κ1) is 38.2. The Kier molecular flexibility index (Phi) is 7.92. The minimum atomic E-state index is -0.610. The molecule has 3 nitrogen and oxygen atoms in total. The zero-order chi connectivity index (χ0) is 45.3. The molecule has 0 saturated carbocycles. The van der Waals surface area contributed by atoms with E-state index in [0.29, 0.717) is 0 Å². The van der Waals surface area contributed by atoms with Gasteiger partial charge in [-0.05, 0) is 116 Å². The number of anilines is 3. The van der Waals surface area contributed by atoms with Crippen molar-refractivity contribution >= 4 is 27.8 Å². The fourth-order valence-electron chi connectivity index (χ4n) is 12.7. The van der Waals surface area contributed by atoms with E-state index in [-0.39, 0.29) is 0 Å². The molecule has 2 spiro atoms. The van der Waals surface area contributed by atoms with E-state index in [1.54, 1.807) is 0 Å². The molecule has 3 heteroatoms. The minimum absolute atomic E-state index is 0.574. The summed E-state index contributed by atoms with van der Waals surface area (Å²) in [4.78, 5) is 2.52. The van der Waals surface area contributed by atoms with E-state index in [2.05, 4.69) is 254 Å². The van der Waals surface area contributed by atoms with Gasteiger partial charge in [0.05, 0.1) is 22.2 Å². The maximum atomic E-state index is 6.73. The molecule has 11 aromatic rings. The largest absolute Gasteiger partial charge is 0.457 e. The highest BCUT2D eigenvalue weighted by Crippen LogP contribution is 2.65. The van der Waals surface area contributed by atoms with Crippen LogP contribution in [-0.2, 0) is 10.8 Å². The molecule has 4 aliphatic rings. The van der Waals surface area contributed by atoms with Crippen molar-refractivity contribution in [3.8, 4) is 56.4 Å². The van der Waals surface area contributed by atoms with Crippen molar-refractivity contribution in [1.29, 1.82) is 0 Å². The molecule has 0 N–H and O–H groups in total. The lowest BCUT2D eigenvalue weighted by Gasteiger charge is -2.39. The Bertz CT molecular complexity index is 3850. The molecule has 322 valence electrons. The number of hydrogen-bond acceptors (Lipinski definition) is 3. The Balaban J connectivity index is 1.02. The lowest BCUT2D eigenvalue weighted by atomic mass is 9.66. The summed E-state index contributed by atoms with van der Waals surface area (Å²) in [6.07, 6.45) is 0. The van der Waals surface area contributed by atoms with Crippen molar-refractivity contribution in [2.45, 2.75) is 10.8 Å². The summed E-state index contributed by atoms with van der Waals surface area (Å²) in [5.41, 5.74) is 19.0. The highest BCUT2D eigenvalue weighted by molar-refractivity contribution is 6.03. The molecule has 0 aromatic heterocycles. The molecule has 0 saturated heterocycles. The fraction of sp³-hybridized carbons (Fsp3) is 0.0303. The number of benzene rings is 11. The molecular weight excluding hydrogens is 839 g/mol. The van der Waals surface area contributed by atoms with Crippen LogP contribution in [-0.4, -0.2) is 0 Å². The molecule has 2 aliphatic carbocycles. The summed E-state index contributed by atoms with van der Waals surface area (Å²) in [5, 5.41) is 2.35. The van der Waals surface area contributed by atoms with Gasteiger partial charge < -0.3 is 14.4 Å². The third-order valence-corrected chi connectivity index (χ3v) is 15.4. The molecule has 2 heterocycles. The molecule has 0 radical (unpaired) electrons. The standard InChI is InChI=1S/C66H41NO2/c1-2-19-42(20-3-1)46-21-6-13-31-58(46)67(59-32-18-30-56-64(59)48-23-5-8-25-51(48)65(56)52-26-9-14-33-60(52)68-61-34-15-10-27-53(61)65)45-38-37-43-40-49-47-22-4-7-24-50(47)66(57(49)41-44(43)39-45)54-28-11-16-35-62(54)69-63-36-17-12-29-55(63)66/h1-41H. The molecule has 0 unspecified atom stereocenters. The van der Waals surface area contributed by atoms with Crippen LogP contribution >= 0.6 is 0 Å². The first-order chi connectivity index (χ1) is 34.2. The van der Waals surface area contributed by atoms with Gasteiger partial charge in [-0.3, -0.25) is 0 Å². The predicted molar refractivity (Wildman–Crippen MR) is 279 cm³/mol. The van der Waals surface area contributed by atoms with Crippen LogP contribution in [0.1, 0.15) is 44.5 Å². The van der Waals surface area contributed by atoms with Gasteiger partial charge in [-0.2, -0.15) is 0 Å². The number of fused-ring (bicyclic) bond motifs is 19. The second kappa shape index (κ2) is 14.3. The Labute approximate surface area is 400 Å². The van der Waals surface area contributed by atoms with Crippen LogP contribution in [0.4, 0.5) is 17.1 Å². The average Bonchev–Trinajstić information content (AvgIpc) is 3.86. The normalized spacial score (nSPS) is 14.3. The number of rotatable bonds is 4. The van der Waals surface area contributed by atoms with Crippen molar-refractivity contribution in [3.63, 3.8) is 0 Å². The zero-order valence-electron chi connectivity index (χ0n) is 37.4. The lowest BCUT2D eigenvalue weighted by molar-refractivity contribution is 0.436. The monoisotopic (exact) mass is 879 g/mol. The van der Waals surface area contributed by atoms with Crippen molar-refractivity contribution in [2.24, 2.45) is 0 Å². The van der Waals surface area contributed by atoms with Crippen molar-refractivity contribution in [2.75, 3.05) is 4.90 Å². The summed E-state index contributed by atoms with van der Waals surface area (Å²) >= 11 is 0. The third kappa shape index (κ3) is 5.06. The Morgan fingerprint density at radius 2 is 0.739 bits per heavy atom. The van der Waals surface area contributed by atoms with Crippen LogP contribution < -0.4 is 14.4 Å². The van der Waals surface area contributed by atoms with Crippen LogP contribution in [0, 0.1) is 0 Å². The van der Waals surface area contributed by atoms with E-state index >= 15 is 0 Å². The first-order valence-corrected chi connectivity index (χ1v) is 23.8. The minimum Gasteiger partial charge on any atom is -0.457 e. The number of nitrogens with zero attached hydrogens (tertiary/aromatic N) is 1. The molecule has 69 heavy (non-hydrogen) atoms. The smallest absolute Gasteiger partial charge is 0.132 e. The fourth-order valence-corrected chi connectivity index (χ4v) is 12.7. The quantitative estimate of drug-likeness (QED) is 0.176. The van der Waals surface area contributed by atoms with Crippen molar-refractivity contribution < 1.29 is 9.47 Å². The van der Waals surface area contributed by atoms with Gasteiger partial charge in [0.15, 0.2) is 0 Å². The average molecular weight is 880 g/mol. The molecule has 0 bridgehead atoms. The van der Waals surface area contributed by atoms with Gasteiger partial charge in [0.25, 0.3) is 0 Å². The van der Waals surface area contributed by atoms with Gasteiger partial charge in [-0.15, -0.1) is 0 Å². The maximum absolute atomic E-state index is 6.73. The molecular formula is C66H41NO2. The van der Waals surface area contributed by atoms with Gasteiger partial charge in [-0.25, -0.2) is 0 Å². The second-order valence-corrected chi connectivity index (χ2v) is 18.6. The third-order valence-electron chi connectivity index (χ3n) is 15.4. The number of para-hydroxylation sites is 5. The summed E-state index contributed by atoms with van der Waals surface area (Å²) in [6, 6.07) is 91.0. The highest BCUT2D eigenvalue weighted by atomic mass is 16.5. The van der Waals surface area contributed by atoms with E-state index in [4.69, 9.17) is 9.47 Å². The SMILES string of the molecule is c1ccc(-c2ccccc2N(c2ccc3cc4c(cc3c2)C2(c3ccccc3Oc3ccccc32)c2ccccc2-4)c2cccc3c2-c2ccccc2C32c3ccccc3Oc3ccccc32)cc1. The van der Waals surface area contributed by atoms with Crippen LogP contribution in [0.2, 0.25) is 0 Å². The first-order valence-electron chi connectivity index (χ1n) is 23.8. The molecule has 0 atom stereocenters.